The van der Waals surface area contributed by atoms with Crippen LogP contribution in [0, 0.1) is 0 Å². The van der Waals surface area contributed by atoms with Crippen molar-refractivity contribution >= 4 is 11.9 Å². The van der Waals surface area contributed by atoms with Crippen LogP contribution >= 0.6 is 0 Å². The van der Waals surface area contributed by atoms with Crippen LogP contribution in [0.2, 0.25) is 0 Å². The van der Waals surface area contributed by atoms with E-state index >= 15 is 0 Å². The summed E-state index contributed by atoms with van der Waals surface area (Å²) >= 11 is 0. The average Bonchev–Trinajstić information content (AvgIpc) is 3.22. The van der Waals surface area contributed by atoms with Crippen LogP contribution in [0.25, 0.3) is 0 Å². The molecule has 2 aliphatic rings. The van der Waals surface area contributed by atoms with Crippen molar-refractivity contribution in [3.05, 3.63) is 42.2 Å². The summed E-state index contributed by atoms with van der Waals surface area (Å²) in [5.74, 6) is 2.05. The zero-order valence-corrected chi connectivity index (χ0v) is 15.6. The molecule has 2 aromatic rings. The lowest BCUT2D eigenvalue weighted by atomic mass is 9.74. The highest BCUT2D eigenvalue weighted by Crippen LogP contribution is 2.40. The van der Waals surface area contributed by atoms with E-state index in [1.54, 1.807) is 18.5 Å². The minimum atomic E-state index is -0.162. The zero-order valence-electron chi connectivity index (χ0n) is 15.6. The van der Waals surface area contributed by atoms with Gasteiger partial charge in [0.25, 0.3) is 0 Å². The largest absolute Gasteiger partial charge is 0.454 e. The molecule has 148 valence electrons. The molecule has 0 spiro atoms. The van der Waals surface area contributed by atoms with Crippen LogP contribution in [0.15, 0.2) is 36.7 Å². The second-order valence-electron chi connectivity index (χ2n) is 6.99. The van der Waals surface area contributed by atoms with E-state index in [1.807, 2.05) is 12.1 Å². The number of carbonyl (C=O) groups is 1. The van der Waals surface area contributed by atoms with Gasteiger partial charge in [-0.2, -0.15) is 0 Å². The van der Waals surface area contributed by atoms with Crippen molar-refractivity contribution in [2.75, 3.05) is 38.4 Å². The van der Waals surface area contributed by atoms with Crippen LogP contribution in [-0.2, 0) is 14.9 Å². The number of benzene rings is 1. The molecule has 0 atom stereocenters. The Bertz CT molecular complexity index is 809. The third-order valence-corrected chi connectivity index (χ3v) is 5.26. The summed E-state index contributed by atoms with van der Waals surface area (Å²) in [5.41, 5.74) is 0.987. The molecule has 0 aliphatic carbocycles. The summed E-state index contributed by atoms with van der Waals surface area (Å²) in [7, 11) is 0. The van der Waals surface area contributed by atoms with Crippen molar-refractivity contribution in [1.29, 1.82) is 0 Å². The highest BCUT2D eigenvalue weighted by molar-refractivity contribution is 5.76. The average molecular weight is 384 g/mol. The summed E-state index contributed by atoms with van der Waals surface area (Å²) in [4.78, 5) is 20.5. The quantitative estimate of drug-likeness (QED) is 0.752. The van der Waals surface area contributed by atoms with Crippen LogP contribution < -0.4 is 20.1 Å². The van der Waals surface area contributed by atoms with E-state index in [0.717, 1.165) is 29.9 Å². The van der Waals surface area contributed by atoms with Crippen LogP contribution in [0.1, 0.15) is 24.8 Å². The fourth-order valence-corrected chi connectivity index (χ4v) is 3.59. The Kier molecular flexibility index (Phi) is 5.57. The second-order valence-corrected chi connectivity index (χ2v) is 6.99. The lowest BCUT2D eigenvalue weighted by Gasteiger charge is -2.38. The van der Waals surface area contributed by atoms with Crippen LogP contribution in [0.3, 0.4) is 0 Å². The van der Waals surface area contributed by atoms with Gasteiger partial charge in [-0.15, -0.1) is 0 Å². The van der Waals surface area contributed by atoms with Crippen molar-refractivity contribution in [1.82, 2.24) is 15.3 Å². The first kappa shape index (κ1) is 18.5. The number of ether oxygens (including phenoxy) is 3. The fourth-order valence-electron chi connectivity index (χ4n) is 3.59. The monoisotopic (exact) mass is 384 g/mol. The SMILES string of the molecule is O=C(CCNc1ncccn1)NCC1(c2ccc3c(c2)OCO3)CCOCC1. The van der Waals surface area contributed by atoms with E-state index in [-0.39, 0.29) is 18.1 Å². The van der Waals surface area contributed by atoms with E-state index in [0.29, 0.717) is 38.7 Å². The summed E-state index contributed by atoms with van der Waals surface area (Å²) in [6.07, 6.45) is 5.38. The first-order chi connectivity index (χ1) is 13.8. The van der Waals surface area contributed by atoms with Gasteiger partial charge in [-0.3, -0.25) is 4.79 Å². The molecule has 2 N–H and O–H groups in total. The van der Waals surface area contributed by atoms with E-state index < -0.39 is 0 Å². The molecule has 0 bridgehead atoms. The predicted molar refractivity (Wildman–Crippen MR) is 102 cm³/mol. The molecule has 1 amide bonds. The van der Waals surface area contributed by atoms with Crippen molar-refractivity contribution < 1.29 is 19.0 Å². The van der Waals surface area contributed by atoms with Gasteiger partial charge in [0.2, 0.25) is 18.6 Å². The molecule has 4 rings (SSSR count). The topological polar surface area (TPSA) is 94.6 Å². The molecular formula is C20H24N4O4. The van der Waals surface area contributed by atoms with Crippen molar-refractivity contribution in [2.45, 2.75) is 24.7 Å². The molecule has 1 aromatic heterocycles. The number of rotatable bonds is 7. The highest BCUT2D eigenvalue weighted by Gasteiger charge is 2.36. The number of hydrogen-bond donors (Lipinski definition) is 2. The molecule has 28 heavy (non-hydrogen) atoms. The molecular weight excluding hydrogens is 360 g/mol. The lowest BCUT2D eigenvalue weighted by molar-refractivity contribution is -0.121. The third-order valence-electron chi connectivity index (χ3n) is 5.26. The number of aromatic nitrogens is 2. The third kappa shape index (κ3) is 4.17. The molecule has 0 saturated carbocycles. The Morgan fingerprint density at radius 1 is 1.11 bits per heavy atom. The Hall–Kier alpha value is -2.87. The van der Waals surface area contributed by atoms with Crippen LogP contribution in [0.5, 0.6) is 11.5 Å². The van der Waals surface area contributed by atoms with Crippen molar-refractivity contribution in [3.8, 4) is 11.5 Å². The second kappa shape index (κ2) is 8.43. The maximum absolute atomic E-state index is 12.4. The number of carbonyl (C=O) groups excluding carboxylic acids is 1. The maximum atomic E-state index is 12.4. The Morgan fingerprint density at radius 3 is 2.71 bits per heavy atom. The van der Waals surface area contributed by atoms with Crippen LogP contribution in [0.4, 0.5) is 5.95 Å². The maximum Gasteiger partial charge on any atom is 0.231 e. The van der Waals surface area contributed by atoms with Gasteiger partial charge in [0, 0.05) is 50.5 Å². The molecule has 3 heterocycles. The summed E-state index contributed by atoms with van der Waals surface area (Å²) in [5, 5.41) is 6.15. The number of nitrogens with one attached hydrogen (secondary N) is 2. The molecule has 2 aliphatic heterocycles. The van der Waals surface area contributed by atoms with Gasteiger partial charge in [0.05, 0.1) is 0 Å². The summed E-state index contributed by atoms with van der Waals surface area (Å²) in [6.45, 7) is 2.66. The number of hydrogen-bond acceptors (Lipinski definition) is 7. The van der Waals surface area contributed by atoms with E-state index in [1.165, 1.54) is 0 Å². The predicted octanol–water partition coefficient (Wildman–Crippen LogP) is 1.87. The zero-order chi connectivity index (χ0) is 19.2. The van der Waals surface area contributed by atoms with Crippen LogP contribution in [-0.4, -0.2) is 49.0 Å². The smallest absolute Gasteiger partial charge is 0.231 e. The van der Waals surface area contributed by atoms with E-state index in [2.05, 4.69) is 26.7 Å². The number of anilines is 1. The van der Waals surface area contributed by atoms with Crippen molar-refractivity contribution in [3.63, 3.8) is 0 Å². The minimum Gasteiger partial charge on any atom is -0.454 e. The van der Waals surface area contributed by atoms with Gasteiger partial charge in [0.15, 0.2) is 11.5 Å². The molecule has 1 aromatic carbocycles. The molecule has 1 saturated heterocycles. The Morgan fingerprint density at radius 2 is 1.89 bits per heavy atom. The summed E-state index contributed by atoms with van der Waals surface area (Å²) in [6, 6.07) is 7.80. The molecule has 0 radical (unpaired) electrons. The van der Waals surface area contributed by atoms with Crippen molar-refractivity contribution in [2.24, 2.45) is 0 Å². The van der Waals surface area contributed by atoms with Gasteiger partial charge in [-0.05, 0) is 36.6 Å². The molecule has 8 heteroatoms. The first-order valence-electron chi connectivity index (χ1n) is 9.51. The van der Waals surface area contributed by atoms with Gasteiger partial charge in [0.1, 0.15) is 0 Å². The minimum absolute atomic E-state index is 0.00459. The standard InChI is InChI=1S/C20H24N4O4/c25-18(4-9-23-19-21-7-1-8-22-19)24-13-20(5-10-26-11-6-20)15-2-3-16-17(12-15)28-14-27-16/h1-3,7-8,12H,4-6,9-11,13-14H2,(H,24,25)(H,21,22,23). The van der Waals surface area contributed by atoms with Gasteiger partial charge < -0.3 is 24.8 Å². The Balaban J connectivity index is 1.36. The fraction of sp³-hybridized carbons (Fsp3) is 0.450. The number of fused-ring (bicyclic) bond motifs is 1. The van der Waals surface area contributed by atoms with E-state index in [4.69, 9.17) is 14.2 Å². The normalized spacial score (nSPS) is 17.1. The van der Waals surface area contributed by atoms with Gasteiger partial charge in [-0.25, -0.2) is 9.97 Å². The molecule has 0 unspecified atom stereocenters. The van der Waals surface area contributed by atoms with Gasteiger partial charge in [-0.1, -0.05) is 6.07 Å². The number of nitrogens with zero attached hydrogens (tertiary/aromatic N) is 2. The molecule has 8 nitrogen and oxygen atoms in total. The first-order valence-corrected chi connectivity index (χ1v) is 9.51. The number of amides is 1. The van der Waals surface area contributed by atoms with E-state index in [9.17, 15) is 4.79 Å². The van der Waals surface area contributed by atoms with Gasteiger partial charge >= 0.3 is 0 Å². The molecule has 1 fully saturated rings. The lowest BCUT2D eigenvalue weighted by Crippen LogP contribution is -2.44. The summed E-state index contributed by atoms with van der Waals surface area (Å²) < 4.78 is 16.5. The Labute approximate surface area is 163 Å². The highest BCUT2D eigenvalue weighted by atomic mass is 16.7.